The van der Waals surface area contributed by atoms with Crippen molar-refractivity contribution in [3.05, 3.63) is 0 Å². The molecule has 0 aliphatic carbocycles. The topological polar surface area (TPSA) is 29.1 Å². The summed E-state index contributed by atoms with van der Waals surface area (Å²) in [6.45, 7) is 13.2. The van der Waals surface area contributed by atoms with Gasteiger partial charge in [0.15, 0.2) is 0 Å². The standard InChI is InChI=1S/C14H27NO/c1-9(2)11(5)7-12-8-14(6,10(3)4)13(16)15-12/h9-12H,7-8H2,1-6H3,(H,15,16). The fraction of sp³-hybridized carbons (Fsp3) is 0.929. The Labute approximate surface area is 100 Å². The van der Waals surface area contributed by atoms with Gasteiger partial charge in [0.05, 0.1) is 5.41 Å². The molecule has 0 saturated carbocycles. The SMILES string of the molecule is CC(C)C(C)CC1CC(C)(C(C)C)C(=O)N1. The first-order chi connectivity index (χ1) is 7.27. The molecule has 16 heavy (non-hydrogen) atoms. The van der Waals surface area contributed by atoms with Crippen molar-refractivity contribution in [1.82, 2.24) is 5.32 Å². The summed E-state index contributed by atoms with van der Waals surface area (Å²) in [5, 5.41) is 3.17. The van der Waals surface area contributed by atoms with Gasteiger partial charge in [0.1, 0.15) is 0 Å². The number of carbonyl (C=O) groups excluding carboxylic acids is 1. The van der Waals surface area contributed by atoms with Crippen molar-refractivity contribution in [2.45, 2.75) is 60.4 Å². The van der Waals surface area contributed by atoms with E-state index in [2.05, 4.69) is 46.9 Å². The smallest absolute Gasteiger partial charge is 0.226 e. The Bertz CT molecular complexity index is 259. The zero-order chi connectivity index (χ0) is 12.5. The highest BCUT2D eigenvalue weighted by atomic mass is 16.2. The second-order valence-corrected chi connectivity index (χ2v) is 6.40. The lowest BCUT2D eigenvalue weighted by atomic mass is 9.75. The van der Waals surface area contributed by atoms with Crippen molar-refractivity contribution >= 4 is 5.91 Å². The van der Waals surface area contributed by atoms with Crippen LogP contribution in [0.4, 0.5) is 0 Å². The van der Waals surface area contributed by atoms with Crippen LogP contribution in [0.25, 0.3) is 0 Å². The van der Waals surface area contributed by atoms with Crippen molar-refractivity contribution in [1.29, 1.82) is 0 Å². The maximum atomic E-state index is 12.0. The van der Waals surface area contributed by atoms with Crippen LogP contribution in [0.3, 0.4) is 0 Å². The zero-order valence-electron chi connectivity index (χ0n) is 11.6. The van der Waals surface area contributed by atoms with Crippen LogP contribution in [-0.2, 0) is 4.79 Å². The molecule has 0 radical (unpaired) electrons. The molecule has 1 N–H and O–H groups in total. The molecule has 3 atom stereocenters. The van der Waals surface area contributed by atoms with E-state index in [0.717, 1.165) is 12.8 Å². The molecular weight excluding hydrogens is 198 g/mol. The van der Waals surface area contributed by atoms with Crippen molar-refractivity contribution in [3.8, 4) is 0 Å². The van der Waals surface area contributed by atoms with Crippen LogP contribution >= 0.6 is 0 Å². The number of hydrogen-bond donors (Lipinski definition) is 1. The van der Waals surface area contributed by atoms with E-state index < -0.39 is 0 Å². The van der Waals surface area contributed by atoms with Gasteiger partial charge in [0, 0.05) is 6.04 Å². The van der Waals surface area contributed by atoms with E-state index in [9.17, 15) is 4.79 Å². The first-order valence-electron chi connectivity index (χ1n) is 6.58. The third-order valence-corrected chi connectivity index (χ3v) is 4.59. The molecular formula is C14H27NO. The van der Waals surface area contributed by atoms with Crippen LogP contribution in [-0.4, -0.2) is 11.9 Å². The lowest BCUT2D eigenvalue weighted by Gasteiger charge is -2.26. The summed E-state index contributed by atoms with van der Waals surface area (Å²) < 4.78 is 0. The monoisotopic (exact) mass is 225 g/mol. The largest absolute Gasteiger partial charge is 0.353 e. The van der Waals surface area contributed by atoms with Gasteiger partial charge in [-0.15, -0.1) is 0 Å². The molecule has 1 heterocycles. The Kier molecular flexibility index (Phi) is 4.03. The average molecular weight is 225 g/mol. The molecule has 2 heteroatoms. The summed E-state index contributed by atoms with van der Waals surface area (Å²) in [4.78, 5) is 12.0. The molecule has 3 unspecified atom stereocenters. The van der Waals surface area contributed by atoms with Gasteiger partial charge in [0.2, 0.25) is 5.91 Å². The van der Waals surface area contributed by atoms with Gasteiger partial charge < -0.3 is 5.32 Å². The third kappa shape index (κ3) is 2.58. The molecule has 2 nitrogen and oxygen atoms in total. The van der Waals surface area contributed by atoms with Crippen LogP contribution in [0.5, 0.6) is 0 Å². The molecule has 0 aromatic rings. The van der Waals surface area contributed by atoms with Gasteiger partial charge in [-0.2, -0.15) is 0 Å². The van der Waals surface area contributed by atoms with Crippen LogP contribution in [0.2, 0.25) is 0 Å². The molecule has 1 aliphatic rings. The van der Waals surface area contributed by atoms with Gasteiger partial charge in [-0.05, 0) is 30.6 Å². The minimum absolute atomic E-state index is 0.151. The lowest BCUT2D eigenvalue weighted by molar-refractivity contribution is -0.128. The molecule has 1 rings (SSSR count). The predicted octanol–water partition coefficient (Wildman–Crippen LogP) is 3.22. The first-order valence-corrected chi connectivity index (χ1v) is 6.58. The van der Waals surface area contributed by atoms with Gasteiger partial charge in [0.25, 0.3) is 0 Å². The second-order valence-electron chi connectivity index (χ2n) is 6.40. The number of nitrogens with one attached hydrogen (secondary N) is 1. The van der Waals surface area contributed by atoms with Gasteiger partial charge in [-0.1, -0.05) is 41.5 Å². The minimum Gasteiger partial charge on any atom is -0.353 e. The highest BCUT2D eigenvalue weighted by Crippen LogP contribution is 2.39. The van der Waals surface area contributed by atoms with Gasteiger partial charge in [-0.25, -0.2) is 0 Å². The Balaban J connectivity index is 2.60. The quantitative estimate of drug-likeness (QED) is 0.782. The van der Waals surface area contributed by atoms with Crippen LogP contribution in [0.15, 0.2) is 0 Å². The van der Waals surface area contributed by atoms with Crippen molar-refractivity contribution in [3.63, 3.8) is 0 Å². The van der Waals surface area contributed by atoms with Gasteiger partial charge >= 0.3 is 0 Å². The van der Waals surface area contributed by atoms with Crippen molar-refractivity contribution in [2.24, 2.45) is 23.2 Å². The number of amides is 1. The molecule has 1 fully saturated rings. The van der Waals surface area contributed by atoms with Crippen molar-refractivity contribution < 1.29 is 4.79 Å². The summed E-state index contributed by atoms with van der Waals surface area (Å²) in [7, 11) is 0. The normalized spacial score (nSPS) is 32.2. The summed E-state index contributed by atoms with van der Waals surface area (Å²) in [6, 6.07) is 0.386. The van der Waals surface area contributed by atoms with E-state index >= 15 is 0 Å². The van der Waals surface area contributed by atoms with E-state index in [-0.39, 0.29) is 11.3 Å². The predicted molar refractivity (Wildman–Crippen MR) is 68.1 cm³/mol. The Hall–Kier alpha value is -0.530. The van der Waals surface area contributed by atoms with Crippen LogP contribution < -0.4 is 5.32 Å². The summed E-state index contributed by atoms with van der Waals surface area (Å²) in [5.41, 5.74) is -0.151. The van der Waals surface area contributed by atoms with Crippen LogP contribution in [0, 0.1) is 23.2 Å². The maximum Gasteiger partial charge on any atom is 0.226 e. The van der Waals surface area contributed by atoms with E-state index in [1.807, 2.05) is 0 Å². The molecule has 1 saturated heterocycles. The molecule has 1 amide bonds. The lowest BCUT2D eigenvalue weighted by Crippen LogP contribution is -2.33. The van der Waals surface area contributed by atoms with E-state index in [1.165, 1.54) is 0 Å². The van der Waals surface area contributed by atoms with E-state index in [0.29, 0.717) is 23.8 Å². The molecule has 0 spiro atoms. The van der Waals surface area contributed by atoms with E-state index in [1.54, 1.807) is 0 Å². The number of rotatable bonds is 4. The Morgan fingerprint density at radius 2 is 1.88 bits per heavy atom. The molecule has 1 aliphatic heterocycles. The molecule has 94 valence electrons. The summed E-state index contributed by atoms with van der Waals surface area (Å²) in [5.74, 6) is 2.05. The Morgan fingerprint density at radius 1 is 1.31 bits per heavy atom. The van der Waals surface area contributed by atoms with Gasteiger partial charge in [-0.3, -0.25) is 4.79 Å². The highest BCUT2D eigenvalue weighted by Gasteiger charge is 2.45. The Morgan fingerprint density at radius 3 is 2.25 bits per heavy atom. The van der Waals surface area contributed by atoms with E-state index in [4.69, 9.17) is 0 Å². The molecule has 0 aromatic heterocycles. The summed E-state index contributed by atoms with van der Waals surface area (Å²) in [6.07, 6.45) is 2.12. The number of carbonyl (C=O) groups is 1. The number of hydrogen-bond acceptors (Lipinski definition) is 1. The zero-order valence-corrected chi connectivity index (χ0v) is 11.6. The first kappa shape index (κ1) is 13.5. The minimum atomic E-state index is -0.151. The molecule has 0 aromatic carbocycles. The third-order valence-electron chi connectivity index (χ3n) is 4.59. The van der Waals surface area contributed by atoms with Crippen LogP contribution in [0.1, 0.15) is 54.4 Å². The second kappa shape index (κ2) is 4.77. The fourth-order valence-corrected chi connectivity index (χ4v) is 2.37. The summed E-state index contributed by atoms with van der Waals surface area (Å²) >= 11 is 0. The average Bonchev–Trinajstić information content (AvgIpc) is 2.43. The fourth-order valence-electron chi connectivity index (χ4n) is 2.37. The highest BCUT2D eigenvalue weighted by molar-refractivity contribution is 5.85. The molecule has 0 bridgehead atoms. The maximum absolute atomic E-state index is 12.0. The van der Waals surface area contributed by atoms with Crippen molar-refractivity contribution in [2.75, 3.05) is 0 Å².